The first-order valence-electron chi connectivity index (χ1n) is 4.04. The Bertz CT molecular complexity index is 217. The zero-order valence-corrected chi connectivity index (χ0v) is 9.85. The van der Waals surface area contributed by atoms with Gasteiger partial charge in [-0.3, -0.25) is 0 Å². The van der Waals surface area contributed by atoms with Gasteiger partial charge in [-0.05, 0) is 20.8 Å². The maximum absolute atomic E-state index is 5.21. The third-order valence-electron chi connectivity index (χ3n) is 0.926. The smallest absolute Gasteiger partial charge is 0.371 e. The van der Waals surface area contributed by atoms with Crippen LogP contribution in [0, 0.1) is 0 Å². The van der Waals surface area contributed by atoms with Gasteiger partial charge in [0.25, 0.3) is 0 Å². The minimum atomic E-state index is -1.43. The zero-order valence-electron chi connectivity index (χ0n) is 8.85. The molecule has 3 radical (unpaired) electrons. The molecule has 0 aromatic heterocycles. The van der Waals surface area contributed by atoms with Crippen LogP contribution in [0.4, 0.5) is 0 Å². The predicted octanol–water partition coefficient (Wildman–Crippen LogP) is 2.42. The van der Waals surface area contributed by atoms with Gasteiger partial charge in [0.1, 0.15) is 0 Å². The highest BCUT2D eigenvalue weighted by molar-refractivity contribution is 6.12. The van der Waals surface area contributed by atoms with Crippen LogP contribution in [0.15, 0.2) is 37.0 Å². The summed E-state index contributed by atoms with van der Waals surface area (Å²) in [4.78, 5) is 0. The molecule has 0 unspecified atom stereocenters. The molecule has 0 heterocycles. The standard InChI is InChI=1S/C10H15O3Si/c1-7(2)11-10(14,12-8(3)4)13-9(5)6/h1,3,5H2,2,4,6H3. The van der Waals surface area contributed by atoms with Crippen LogP contribution in [-0.2, 0) is 14.2 Å². The van der Waals surface area contributed by atoms with Gasteiger partial charge in [-0.25, -0.2) is 0 Å². The normalized spacial score (nSPS) is 10.3. The average molecular weight is 211 g/mol. The second-order valence-electron chi connectivity index (χ2n) is 2.97. The molecule has 0 atom stereocenters. The Morgan fingerprint density at radius 1 is 0.857 bits per heavy atom. The Morgan fingerprint density at radius 2 is 1.07 bits per heavy atom. The molecule has 0 saturated heterocycles. The van der Waals surface area contributed by atoms with Crippen LogP contribution in [-0.4, -0.2) is 15.8 Å². The molecule has 0 aliphatic rings. The average Bonchev–Trinajstić information content (AvgIpc) is 1.76. The Labute approximate surface area is 88.5 Å². The number of rotatable bonds is 6. The van der Waals surface area contributed by atoms with Crippen LogP contribution < -0.4 is 0 Å². The molecule has 0 saturated carbocycles. The molecule has 0 spiro atoms. The Hall–Kier alpha value is -1.16. The van der Waals surface area contributed by atoms with Crippen molar-refractivity contribution < 1.29 is 14.2 Å². The molecule has 14 heavy (non-hydrogen) atoms. The lowest BCUT2D eigenvalue weighted by atomic mass is 10.6. The molecule has 0 aromatic rings. The number of hydrogen-bond donors (Lipinski definition) is 0. The van der Waals surface area contributed by atoms with Gasteiger partial charge in [-0.15, -0.1) is 0 Å². The molecule has 0 aliphatic carbocycles. The quantitative estimate of drug-likeness (QED) is 0.383. The lowest BCUT2D eigenvalue weighted by molar-refractivity contribution is -0.273. The van der Waals surface area contributed by atoms with Gasteiger partial charge in [0.05, 0.1) is 17.3 Å². The first kappa shape index (κ1) is 12.8. The van der Waals surface area contributed by atoms with E-state index in [0.717, 1.165) is 0 Å². The van der Waals surface area contributed by atoms with E-state index in [1.165, 1.54) is 0 Å². The fraction of sp³-hybridized carbons (Fsp3) is 0.400. The predicted molar refractivity (Wildman–Crippen MR) is 56.2 cm³/mol. The summed E-state index contributed by atoms with van der Waals surface area (Å²) in [6, 6.07) is 0. The Balaban J connectivity index is 4.56. The van der Waals surface area contributed by atoms with Crippen LogP contribution in [0.2, 0.25) is 0 Å². The summed E-state index contributed by atoms with van der Waals surface area (Å²) in [7, 11) is 3.19. The third-order valence-corrected chi connectivity index (χ3v) is 1.23. The van der Waals surface area contributed by atoms with Crippen LogP contribution in [0.1, 0.15) is 20.8 Å². The zero-order chi connectivity index (χ0) is 11.4. The SMILES string of the molecule is C=C(C)OC([Si])(OC(=C)C)OC(=C)C. The lowest BCUT2D eigenvalue weighted by Gasteiger charge is -2.31. The Kier molecular flexibility index (Phi) is 4.50. The molecule has 77 valence electrons. The molecule has 4 heteroatoms. The monoisotopic (exact) mass is 211 g/mol. The van der Waals surface area contributed by atoms with Crippen molar-refractivity contribution in [1.29, 1.82) is 0 Å². The van der Waals surface area contributed by atoms with Crippen molar-refractivity contribution in [2.75, 3.05) is 0 Å². The van der Waals surface area contributed by atoms with E-state index in [4.69, 9.17) is 14.2 Å². The van der Waals surface area contributed by atoms with E-state index in [9.17, 15) is 0 Å². The first-order chi connectivity index (χ1) is 6.25. The molecule has 0 bridgehead atoms. The molecular weight excluding hydrogens is 196 g/mol. The summed E-state index contributed by atoms with van der Waals surface area (Å²) >= 11 is 0. The van der Waals surface area contributed by atoms with Crippen molar-refractivity contribution in [3.8, 4) is 0 Å². The summed E-state index contributed by atoms with van der Waals surface area (Å²) in [5, 5.41) is 0. The first-order valence-corrected chi connectivity index (χ1v) is 4.54. The van der Waals surface area contributed by atoms with E-state index in [1.807, 2.05) is 0 Å². The number of hydrogen-bond acceptors (Lipinski definition) is 3. The minimum absolute atomic E-state index is 0.447. The molecule has 0 aromatic carbocycles. The lowest BCUT2D eigenvalue weighted by Crippen LogP contribution is -2.38. The molecular formula is C10H15O3Si. The van der Waals surface area contributed by atoms with Crippen LogP contribution in [0.5, 0.6) is 0 Å². The van der Waals surface area contributed by atoms with E-state index in [2.05, 4.69) is 30.0 Å². The maximum Gasteiger partial charge on any atom is 0.371 e. The minimum Gasteiger partial charge on any atom is -0.431 e. The Morgan fingerprint density at radius 3 is 1.21 bits per heavy atom. The van der Waals surface area contributed by atoms with Gasteiger partial charge in [-0.1, -0.05) is 19.7 Å². The highest BCUT2D eigenvalue weighted by Gasteiger charge is 2.30. The van der Waals surface area contributed by atoms with Crippen molar-refractivity contribution in [3.05, 3.63) is 37.0 Å². The topological polar surface area (TPSA) is 27.7 Å². The summed E-state index contributed by atoms with van der Waals surface area (Å²) in [5.74, 6) is 1.34. The fourth-order valence-electron chi connectivity index (χ4n) is 0.751. The van der Waals surface area contributed by atoms with Crippen LogP contribution in [0.25, 0.3) is 0 Å². The van der Waals surface area contributed by atoms with E-state index in [0.29, 0.717) is 17.3 Å². The molecule has 0 aliphatic heterocycles. The van der Waals surface area contributed by atoms with Crippen molar-refractivity contribution in [2.45, 2.75) is 26.4 Å². The third kappa shape index (κ3) is 5.48. The summed E-state index contributed by atoms with van der Waals surface area (Å²) < 4.78 is 15.6. The van der Waals surface area contributed by atoms with Gasteiger partial charge in [0.2, 0.25) is 10.2 Å². The number of ether oxygens (including phenoxy) is 3. The number of allylic oxidation sites excluding steroid dienone is 3. The highest BCUT2D eigenvalue weighted by Crippen LogP contribution is 2.20. The van der Waals surface area contributed by atoms with Gasteiger partial charge in [0.15, 0.2) is 0 Å². The molecule has 3 nitrogen and oxygen atoms in total. The van der Waals surface area contributed by atoms with E-state index >= 15 is 0 Å². The second-order valence-corrected chi connectivity index (χ2v) is 3.58. The summed E-state index contributed by atoms with van der Waals surface area (Å²) in [6.45, 7) is 15.8. The van der Waals surface area contributed by atoms with Crippen molar-refractivity contribution in [3.63, 3.8) is 0 Å². The molecule has 0 rings (SSSR count). The second kappa shape index (κ2) is 4.90. The van der Waals surface area contributed by atoms with Gasteiger partial charge in [0, 0.05) is 0 Å². The van der Waals surface area contributed by atoms with E-state index in [1.54, 1.807) is 20.8 Å². The fourth-order valence-corrected chi connectivity index (χ4v) is 1.27. The summed E-state index contributed by atoms with van der Waals surface area (Å²) in [6.07, 6.45) is 0. The van der Waals surface area contributed by atoms with Crippen molar-refractivity contribution in [1.82, 2.24) is 0 Å². The van der Waals surface area contributed by atoms with E-state index < -0.39 is 5.60 Å². The van der Waals surface area contributed by atoms with E-state index in [-0.39, 0.29) is 0 Å². The van der Waals surface area contributed by atoms with Crippen molar-refractivity contribution >= 4 is 10.2 Å². The van der Waals surface area contributed by atoms with Gasteiger partial charge in [-0.2, -0.15) is 0 Å². The van der Waals surface area contributed by atoms with Gasteiger partial charge >= 0.3 is 5.60 Å². The highest BCUT2D eigenvalue weighted by atomic mass is 28.1. The van der Waals surface area contributed by atoms with Crippen LogP contribution in [0.3, 0.4) is 0 Å². The maximum atomic E-state index is 5.21. The molecule has 0 N–H and O–H groups in total. The van der Waals surface area contributed by atoms with Crippen molar-refractivity contribution in [2.24, 2.45) is 0 Å². The summed E-state index contributed by atoms with van der Waals surface area (Å²) in [5.41, 5.74) is -1.43. The van der Waals surface area contributed by atoms with Gasteiger partial charge < -0.3 is 14.2 Å². The largest absolute Gasteiger partial charge is 0.431 e. The molecule has 0 amide bonds. The van der Waals surface area contributed by atoms with Crippen LogP contribution >= 0.6 is 0 Å². The molecule has 0 fully saturated rings.